The summed E-state index contributed by atoms with van der Waals surface area (Å²) in [5.41, 5.74) is 1.30. The van der Waals surface area contributed by atoms with Crippen molar-refractivity contribution in [1.82, 2.24) is 19.7 Å². The molecule has 4 nitrogen and oxygen atoms in total. The zero-order chi connectivity index (χ0) is 15.4. The molecule has 0 spiro atoms. The van der Waals surface area contributed by atoms with Gasteiger partial charge in [0.15, 0.2) is 5.16 Å². The van der Waals surface area contributed by atoms with Crippen LogP contribution >= 0.6 is 11.8 Å². The van der Waals surface area contributed by atoms with Crippen molar-refractivity contribution < 1.29 is 0 Å². The minimum absolute atomic E-state index is 0.512. The van der Waals surface area contributed by atoms with Crippen molar-refractivity contribution in [2.24, 2.45) is 0 Å². The summed E-state index contributed by atoms with van der Waals surface area (Å²) in [7, 11) is 0. The predicted octanol–water partition coefficient (Wildman–Crippen LogP) is 3.42. The molecule has 1 aliphatic heterocycles. The van der Waals surface area contributed by atoms with E-state index in [4.69, 9.17) is 0 Å². The summed E-state index contributed by atoms with van der Waals surface area (Å²) >= 11 is 1.79. The van der Waals surface area contributed by atoms with Crippen LogP contribution in [0.15, 0.2) is 35.5 Å². The van der Waals surface area contributed by atoms with E-state index in [1.54, 1.807) is 11.8 Å². The third kappa shape index (κ3) is 3.90. The van der Waals surface area contributed by atoms with Gasteiger partial charge in [-0.3, -0.25) is 4.90 Å². The van der Waals surface area contributed by atoms with E-state index in [0.29, 0.717) is 5.25 Å². The second-order valence-corrected chi connectivity index (χ2v) is 7.66. The van der Waals surface area contributed by atoms with Crippen molar-refractivity contribution in [3.8, 4) is 0 Å². The maximum absolute atomic E-state index is 4.48. The average Bonchev–Trinajstić information content (AvgIpc) is 3.13. The van der Waals surface area contributed by atoms with Gasteiger partial charge in [0.05, 0.1) is 13.1 Å². The zero-order valence-corrected chi connectivity index (χ0v) is 14.2. The zero-order valence-electron chi connectivity index (χ0n) is 13.4. The molecule has 0 radical (unpaired) electrons. The van der Waals surface area contributed by atoms with Gasteiger partial charge in [0.1, 0.15) is 5.82 Å². The molecule has 1 aliphatic rings. The summed E-state index contributed by atoms with van der Waals surface area (Å²) in [4.78, 5) is 2.48. The van der Waals surface area contributed by atoms with Crippen LogP contribution in [0.3, 0.4) is 0 Å². The standard InChI is InChI=1S/C17H24N4S/c1-14(2)22-17-19-18-16(13-20-10-6-7-11-20)21(17)12-15-8-4-3-5-9-15/h3-5,8-9,14H,6-7,10-13H2,1-2H3. The van der Waals surface area contributed by atoms with Crippen LogP contribution in [0.2, 0.25) is 0 Å². The summed E-state index contributed by atoms with van der Waals surface area (Å²) in [6, 6.07) is 10.6. The Morgan fingerprint density at radius 1 is 1.05 bits per heavy atom. The Morgan fingerprint density at radius 3 is 2.45 bits per heavy atom. The van der Waals surface area contributed by atoms with Gasteiger partial charge in [0.25, 0.3) is 0 Å². The van der Waals surface area contributed by atoms with Gasteiger partial charge in [-0.15, -0.1) is 10.2 Å². The number of likely N-dealkylation sites (tertiary alicyclic amines) is 1. The summed E-state index contributed by atoms with van der Waals surface area (Å²) in [6.45, 7) is 8.54. The van der Waals surface area contributed by atoms with E-state index >= 15 is 0 Å². The van der Waals surface area contributed by atoms with Crippen molar-refractivity contribution in [3.63, 3.8) is 0 Å². The Kier molecular flexibility index (Phi) is 5.16. The van der Waals surface area contributed by atoms with Crippen molar-refractivity contribution >= 4 is 11.8 Å². The van der Waals surface area contributed by atoms with E-state index in [1.807, 2.05) is 0 Å². The lowest BCUT2D eigenvalue weighted by Crippen LogP contribution is -2.21. The van der Waals surface area contributed by atoms with Gasteiger partial charge in [0.2, 0.25) is 0 Å². The Hall–Kier alpha value is -1.33. The molecule has 0 bridgehead atoms. The number of benzene rings is 1. The molecule has 0 N–H and O–H groups in total. The normalized spacial score (nSPS) is 15.8. The maximum Gasteiger partial charge on any atom is 0.191 e. The molecule has 2 aromatic rings. The van der Waals surface area contributed by atoms with E-state index in [-0.39, 0.29) is 0 Å². The van der Waals surface area contributed by atoms with Crippen molar-refractivity contribution in [3.05, 3.63) is 41.7 Å². The minimum Gasteiger partial charge on any atom is -0.300 e. The van der Waals surface area contributed by atoms with E-state index in [1.165, 1.54) is 31.5 Å². The van der Waals surface area contributed by atoms with Crippen molar-refractivity contribution in [1.29, 1.82) is 0 Å². The number of rotatable bonds is 6. The number of hydrogen-bond acceptors (Lipinski definition) is 4. The van der Waals surface area contributed by atoms with Gasteiger partial charge >= 0.3 is 0 Å². The maximum atomic E-state index is 4.48. The fourth-order valence-corrected chi connectivity index (χ4v) is 3.61. The number of aromatic nitrogens is 3. The van der Waals surface area contributed by atoms with Crippen LogP contribution in [0.5, 0.6) is 0 Å². The number of thioether (sulfide) groups is 1. The summed E-state index contributed by atoms with van der Waals surface area (Å²) in [5.74, 6) is 1.09. The van der Waals surface area contributed by atoms with Crippen molar-refractivity contribution in [2.45, 2.75) is 50.2 Å². The van der Waals surface area contributed by atoms with Gasteiger partial charge < -0.3 is 4.57 Å². The molecular formula is C17H24N4S. The van der Waals surface area contributed by atoms with E-state index < -0.39 is 0 Å². The summed E-state index contributed by atoms with van der Waals surface area (Å²) in [6.07, 6.45) is 2.61. The highest BCUT2D eigenvalue weighted by molar-refractivity contribution is 7.99. The molecule has 2 heterocycles. The van der Waals surface area contributed by atoms with Gasteiger partial charge in [0, 0.05) is 5.25 Å². The molecule has 0 atom stereocenters. The van der Waals surface area contributed by atoms with Crippen LogP contribution in [0, 0.1) is 0 Å². The Labute approximate surface area is 136 Å². The molecule has 3 rings (SSSR count). The molecule has 0 unspecified atom stereocenters. The molecule has 0 amide bonds. The van der Waals surface area contributed by atoms with Gasteiger partial charge in [-0.05, 0) is 31.5 Å². The molecular weight excluding hydrogens is 292 g/mol. The molecule has 118 valence electrons. The lowest BCUT2D eigenvalue weighted by Gasteiger charge is -2.16. The number of nitrogens with zero attached hydrogens (tertiary/aromatic N) is 4. The Morgan fingerprint density at radius 2 is 1.77 bits per heavy atom. The molecule has 1 aromatic heterocycles. The fraction of sp³-hybridized carbons (Fsp3) is 0.529. The first-order chi connectivity index (χ1) is 10.7. The Bertz CT molecular complexity index is 588. The van der Waals surface area contributed by atoms with E-state index in [2.05, 4.69) is 63.8 Å². The lowest BCUT2D eigenvalue weighted by molar-refractivity contribution is 0.316. The topological polar surface area (TPSA) is 34.0 Å². The monoisotopic (exact) mass is 316 g/mol. The molecule has 1 saturated heterocycles. The largest absolute Gasteiger partial charge is 0.300 e. The van der Waals surface area contributed by atoms with Gasteiger partial charge in [-0.25, -0.2) is 0 Å². The van der Waals surface area contributed by atoms with Crippen LogP contribution in [0.1, 0.15) is 38.1 Å². The minimum atomic E-state index is 0.512. The molecule has 0 aliphatic carbocycles. The van der Waals surface area contributed by atoms with Gasteiger partial charge in [-0.2, -0.15) is 0 Å². The van der Waals surface area contributed by atoms with E-state index in [9.17, 15) is 0 Å². The highest BCUT2D eigenvalue weighted by Gasteiger charge is 2.19. The first kappa shape index (κ1) is 15.6. The first-order valence-electron chi connectivity index (χ1n) is 8.07. The molecule has 1 aromatic carbocycles. The lowest BCUT2D eigenvalue weighted by atomic mass is 10.2. The predicted molar refractivity (Wildman–Crippen MR) is 91.1 cm³/mol. The summed E-state index contributed by atoms with van der Waals surface area (Å²) < 4.78 is 2.29. The summed E-state index contributed by atoms with van der Waals surface area (Å²) in [5, 5.41) is 10.5. The van der Waals surface area contributed by atoms with Crippen LogP contribution < -0.4 is 0 Å². The quantitative estimate of drug-likeness (QED) is 0.765. The number of hydrogen-bond donors (Lipinski definition) is 0. The fourth-order valence-electron chi connectivity index (χ4n) is 2.80. The third-order valence-electron chi connectivity index (χ3n) is 3.88. The molecule has 1 fully saturated rings. The van der Waals surface area contributed by atoms with Crippen molar-refractivity contribution in [2.75, 3.05) is 13.1 Å². The van der Waals surface area contributed by atoms with Crippen LogP contribution in [0.25, 0.3) is 0 Å². The first-order valence-corrected chi connectivity index (χ1v) is 8.95. The second kappa shape index (κ2) is 7.29. The molecule has 0 saturated carbocycles. The highest BCUT2D eigenvalue weighted by atomic mass is 32.2. The highest BCUT2D eigenvalue weighted by Crippen LogP contribution is 2.24. The van der Waals surface area contributed by atoms with E-state index in [0.717, 1.165) is 24.1 Å². The van der Waals surface area contributed by atoms with Crippen LogP contribution in [-0.4, -0.2) is 38.0 Å². The average molecular weight is 316 g/mol. The van der Waals surface area contributed by atoms with Gasteiger partial charge in [-0.1, -0.05) is 55.9 Å². The van der Waals surface area contributed by atoms with Crippen LogP contribution in [-0.2, 0) is 13.1 Å². The molecule has 5 heteroatoms. The smallest absolute Gasteiger partial charge is 0.191 e. The third-order valence-corrected chi connectivity index (χ3v) is 4.87. The van der Waals surface area contributed by atoms with Crippen LogP contribution in [0.4, 0.5) is 0 Å². The Balaban J connectivity index is 1.83. The SMILES string of the molecule is CC(C)Sc1nnc(CN2CCCC2)n1Cc1ccccc1. The second-order valence-electron chi connectivity index (χ2n) is 6.12. The molecule has 22 heavy (non-hydrogen) atoms.